The minimum absolute atomic E-state index is 0.0816. The van der Waals surface area contributed by atoms with E-state index >= 15 is 0 Å². The minimum atomic E-state index is -1.12. The topological polar surface area (TPSA) is 68.0 Å². The Morgan fingerprint density at radius 3 is 2.89 bits per heavy atom. The molecule has 0 aliphatic heterocycles. The molecule has 0 saturated heterocycles. The molecule has 0 saturated carbocycles. The van der Waals surface area contributed by atoms with E-state index in [0.29, 0.717) is 21.4 Å². The van der Waals surface area contributed by atoms with Crippen LogP contribution in [-0.2, 0) is 6.42 Å². The van der Waals surface area contributed by atoms with E-state index in [4.69, 9.17) is 5.11 Å². The summed E-state index contributed by atoms with van der Waals surface area (Å²) in [6.45, 7) is 1.93. The first-order chi connectivity index (χ1) is 9.06. The van der Waals surface area contributed by atoms with Crippen molar-refractivity contribution >= 4 is 28.6 Å². The molecule has 0 aliphatic rings. The molecule has 1 N–H and O–H groups in total. The highest BCUT2D eigenvalue weighted by Gasteiger charge is 2.20. The summed E-state index contributed by atoms with van der Waals surface area (Å²) in [6, 6.07) is 4.59. The normalized spacial score (nSPS) is 10.7. The van der Waals surface area contributed by atoms with Gasteiger partial charge in [-0.2, -0.15) is 0 Å². The lowest BCUT2D eigenvalue weighted by Crippen LogP contribution is -2.08. The van der Waals surface area contributed by atoms with Crippen molar-refractivity contribution in [1.82, 2.24) is 15.0 Å². The molecule has 2 aromatic rings. The zero-order chi connectivity index (χ0) is 14.0. The van der Waals surface area contributed by atoms with Gasteiger partial charge in [-0.25, -0.2) is 13.9 Å². The highest BCUT2D eigenvalue weighted by molar-refractivity contribution is 14.1. The molecule has 1 aromatic heterocycles. The van der Waals surface area contributed by atoms with Crippen LogP contribution in [0.2, 0.25) is 0 Å². The molecule has 7 heteroatoms. The largest absolute Gasteiger partial charge is 0.476 e. The number of carboxylic acids is 1. The summed E-state index contributed by atoms with van der Waals surface area (Å²) < 4.78 is 15.4. The molecule has 0 fully saturated rings. The quantitative estimate of drug-likeness (QED) is 0.835. The first kappa shape index (κ1) is 13.9. The summed E-state index contributed by atoms with van der Waals surface area (Å²) in [6.07, 6.45) is 1.26. The zero-order valence-electron chi connectivity index (χ0n) is 10.1. The van der Waals surface area contributed by atoms with E-state index in [1.165, 1.54) is 10.7 Å². The van der Waals surface area contributed by atoms with Crippen LogP contribution in [0.5, 0.6) is 0 Å². The molecule has 0 spiro atoms. The van der Waals surface area contributed by atoms with Crippen molar-refractivity contribution in [3.8, 4) is 5.69 Å². The number of benzene rings is 1. The molecule has 0 atom stereocenters. The number of aromatic nitrogens is 3. The van der Waals surface area contributed by atoms with Gasteiger partial charge < -0.3 is 5.11 Å². The number of halogens is 2. The molecular formula is C12H11FIN3O2. The van der Waals surface area contributed by atoms with Gasteiger partial charge in [-0.05, 0) is 41.1 Å². The van der Waals surface area contributed by atoms with Crippen LogP contribution in [0.3, 0.4) is 0 Å². The fraction of sp³-hybridized carbons (Fsp3) is 0.250. The molecule has 100 valence electrons. The van der Waals surface area contributed by atoms with Crippen molar-refractivity contribution in [1.29, 1.82) is 0 Å². The van der Waals surface area contributed by atoms with Gasteiger partial charge in [0.25, 0.3) is 0 Å². The fourth-order valence-corrected chi connectivity index (χ4v) is 2.37. The molecule has 1 heterocycles. The Balaban J connectivity index is 2.62. The summed E-state index contributed by atoms with van der Waals surface area (Å²) >= 11 is 1.87. The second kappa shape index (κ2) is 5.64. The third kappa shape index (κ3) is 2.60. The van der Waals surface area contributed by atoms with E-state index < -0.39 is 5.97 Å². The van der Waals surface area contributed by atoms with Crippen molar-refractivity contribution in [2.45, 2.75) is 19.8 Å². The highest BCUT2D eigenvalue weighted by atomic mass is 127. The molecule has 0 bridgehead atoms. The SMILES string of the molecule is CCCc1c(C(=O)O)nnn1-c1cccc(F)c1I. The Morgan fingerprint density at radius 1 is 1.53 bits per heavy atom. The van der Waals surface area contributed by atoms with E-state index in [0.717, 1.165) is 6.42 Å². The second-order valence-electron chi connectivity index (χ2n) is 3.92. The van der Waals surface area contributed by atoms with Crippen LogP contribution in [0.1, 0.15) is 29.5 Å². The Morgan fingerprint density at radius 2 is 2.26 bits per heavy atom. The predicted octanol–water partition coefficient (Wildman–Crippen LogP) is 2.66. The number of nitrogens with zero attached hydrogens (tertiary/aromatic N) is 3. The number of carboxylic acid groups (broad SMARTS) is 1. The lowest BCUT2D eigenvalue weighted by Gasteiger charge is -2.08. The highest BCUT2D eigenvalue weighted by Crippen LogP contribution is 2.22. The van der Waals surface area contributed by atoms with Crippen molar-refractivity contribution in [2.75, 3.05) is 0 Å². The van der Waals surface area contributed by atoms with Crippen molar-refractivity contribution < 1.29 is 14.3 Å². The predicted molar refractivity (Wildman–Crippen MR) is 75.0 cm³/mol. The monoisotopic (exact) mass is 375 g/mol. The summed E-state index contributed by atoms with van der Waals surface area (Å²) in [4.78, 5) is 11.1. The Labute approximate surface area is 122 Å². The third-order valence-electron chi connectivity index (χ3n) is 2.61. The van der Waals surface area contributed by atoms with Gasteiger partial charge in [0.1, 0.15) is 5.82 Å². The average Bonchev–Trinajstić information content (AvgIpc) is 2.77. The Hall–Kier alpha value is -1.51. The second-order valence-corrected chi connectivity index (χ2v) is 5.00. The standard InChI is InChI=1S/C12H11FIN3O2/c1-2-4-9-11(12(18)19)15-16-17(9)8-6-3-5-7(13)10(8)14/h3,5-6H,2,4H2,1H3,(H,18,19). The van der Waals surface area contributed by atoms with Crippen molar-refractivity contribution in [3.05, 3.63) is 39.0 Å². The molecule has 5 nitrogen and oxygen atoms in total. The van der Waals surface area contributed by atoms with Gasteiger partial charge in [0, 0.05) is 0 Å². The van der Waals surface area contributed by atoms with E-state index in [2.05, 4.69) is 10.3 Å². The van der Waals surface area contributed by atoms with Gasteiger partial charge in [0.05, 0.1) is 15.0 Å². The number of carbonyl (C=O) groups is 1. The first-order valence-electron chi connectivity index (χ1n) is 5.68. The smallest absolute Gasteiger partial charge is 0.358 e. The summed E-state index contributed by atoms with van der Waals surface area (Å²) in [7, 11) is 0. The fourth-order valence-electron chi connectivity index (χ4n) is 1.78. The Bertz CT molecular complexity index is 627. The lowest BCUT2D eigenvalue weighted by atomic mass is 10.2. The molecule has 0 aliphatic carbocycles. The van der Waals surface area contributed by atoms with Gasteiger partial charge in [0.15, 0.2) is 5.69 Å². The van der Waals surface area contributed by atoms with Gasteiger partial charge in [-0.15, -0.1) is 5.10 Å². The van der Waals surface area contributed by atoms with Crippen LogP contribution in [0.25, 0.3) is 5.69 Å². The average molecular weight is 375 g/mol. The molecule has 0 amide bonds. The van der Waals surface area contributed by atoms with Gasteiger partial charge in [0.2, 0.25) is 0 Å². The van der Waals surface area contributed by atoms with Crippen LogP contribution in [0.4, 0.5) is 4.39 Å². The lowest BCUT2D eigenvalue weighted by molar-refractivity contribution is 0.0689. The van der Waals surface area contributed by atoms with E-state index in [1.807, 2.05) is 29.5 Å². The van der Waals surface area contributed by atoms with Crippen molar-refractivity contribution in [3.63, 3.8) is 0 Å². The van der Waals surface area contributed by atoms with Crippen LogP contribution in [-0.4, -0.2) is 26.1 Å². The molecule has 0 unspecified atom stereocenters. The molecule has 1 aromatic carbocycles. The van der Waals surface area contributed by atoms with Gasteiger partial charge >= 0.3 is 5.97 Å². The number of rotatable bonds is 4. The zero-order valence-corrected chi connectivity index (χ0v) is 12.3. The number of hydrogen-bond acceptors (Lipinski definition) is 3. The third-order valence-corrected chi connectivity index (χ3v) is 3.68. The summed E-state index contributed by atoms with van der Waals surface area (Å²) in [5.74, 6) is -1.49. The van der Waals surface area contributed by atoms with Crippen LogP contribution in [0.15, 0.2) is 18.2 Å². The van der Waals surface area contributed by atoms with Gasteiger partial charge in [-0.1, -0.05) is 24.6 Å². The summed E-state index contributed by atoms with van der Waals surface area (Å²) in [5.41, 5.74) is 0.907. The first-order valence-corrected chi connectivity index (χ1v) is 6.76. The van der Waals surface area contributed by atoms with Crippen molar-refractivity contribution in [2.24, 2.45) is 0 Å². The summed E-state index contributed by atoms with van der Waals surface area (Å²) in [5, 5.41) is 16.6. The number of aromatic carboxylic acids is 1. The molecule has 0 radical (unpaired) electrons. The van der Waals surface area contributed by atoms with Crippen LogP contribution < -0.4 is 0 Å². The number of hydrogen-bond donors (Lipinski definition) is 1. The Kier molecular flexibility index (Phi) is 4.13. The van der Waals surface area contributed by atoms with Crippen LogP contribution in [0, 0.1) is 9.39 Å². The minimum Gasteiger partial charge on any atom is -0.476 e. The maximum Gasteiger partial charge on any atom is 0.358 e. The molecule has 2 rings (SSSR count). The van der Waals surface area contributed by atoms with E-state index in [-0.39, 0.29) is 11.5 Å². The maximum atomic E-state index is 13.6. The van der Waals surface area contributed by atoms with Crippen LogP contribution >= 0.6 is 22.6 Å². The molecular weight excluding hydrogens is 364 g/mol. The maximum absolute atomic E-state index is 13.6. The molecule has 19 heavy (non-hydrogen) atoms. The van der Waals surface area contributed by atoms with Gasteiger partial charge in [-0.3, -0.25) is 0 Å². The van der Waals surface area contributed by atoms with E-state index in [1.54, 1.807) is 12.1 Å². The van der Waals surface area contributed by atoms with E-state index in [9.17, 15) is 9.18 Å².